The number of hydrogen-bond acceptors (Lipinski definition) is 4. The maximum absolute atomic E-state index is 13.3. The van der Waals surface area contributed by atoms with Gasteiger partial charge in [-0.15, -0.1) is 0 Å². The van der Waals surface area contributed by atoms with E-state index >= 15 is 0 Å². The van der Waals surface area contributed by atoms with Crippen molar-refractivity contribution in [3.05, 3.63) is 53.2 Å². The van der Waals surface area contributed by atoms with Crippen LogP contribution in [0.5, 0.6) is 0 Å². The van der Waals surface area contributed by atoms with E-state index < -0.39 is 49.5 Å². The van der Waals surface area contributed by atoms with Crippen molar-refractivity contribution in [1.82, 2.24) is 15.5 Å². The van der Waals surface area contributed by atoms with Gasteiger partial charge in [-0.25, -0.2) is 22.4 Å². The summed E-state index contributed by atoms with van der Waals surface area (Å²) in [5.74, 6) is -5.37. The lowest BCUT2D eigenvalue weighted by Crippen LogP contribution is -2.46. The number of carbonyl (C=O) groups excluding carboxylic acids is 3. The molecule has 11 heteroatoms. The second-order valence-electron chi connectivity index (χ2n) is 8.27. The average molecular weight is 497 g/mol. The summed E-state index contributed by atoms with van der Waals surface area (Å²) in [6, 6.07) is 6.14. The molecule has 1 heterocycles. The number of nitrogens with zero attached hydrogens (tertiary/aromatic N) is 1. The molecule has 35 heavy (non-hydrogen) atoms. The predicted octanol–water partition coefficient (Wildman–Crippen LogP) is 4.17. The van der Waals surface area contributed by atoms with Gasteiger partial charge in [0.1, 0.15) is 6.04 Å². The first-order valence-corrected chi connectivity index (χ1v) is 11.2. The lowest BCUT2D eigenvalue weighted by molar-refractivity contribution is -0.137. The molecule has 0 fully saturated rings. The second kappa shape index (κ2) is 10.9. The maximum Gasteiger partial charge on any atom is 0.407 e. The van der Waals surface area contributed by atoms with Crippen molar-refractivity contribution in [2.75, 3.05) is 13.6 Å². The SMILES string of the molecule is CCC(OC(=O)NCCC(F)(F)C(F)F)C(=O)NC1C(=O)N(C)C2=C(C=CCC2)c2ccccc21. The summed E-state index contributed by atoms with van der Waals surface area (Å²) in [6.07, 6.45) is -2.24. The Balaban J connectivity index is 1.71. The van der Waals surface area contributed by atoms with Crippen LogP contribution in [0.15, 0.2) is 42.1 Å². The molecule has 0 saturated carbocycles. The van der Waals surface area contributed by atoms with Crippen molar-refractivity contribution in [2.24, 2.45) is 0 Å². The molecular weight excluding hydrogens is 470 g/mol. The minimum atomic E-state index is -4.25. The van der Waals surface area contributed by atoms with E-state index in [1.54, 1.807) is 26.1 Å². The summed E-state index contributed by atoms with van der Waals surface area (Å²) >= 11 is 0. The summed E-state index contributed by atoms with van der Waals surface area (Å²) in [4.78, 5) is 39.8. The van der Waals surface area contributed by atoms with Crippen LogP contribution < -0.4 is 10.6 Å². The minimum absolute atomic E-state index is 0.0301. The number of amides is 3. The summed E-state index contributed by atoms with van der Waals surface area (Å²) < 4.78 is 55.5. The van der Waals surface area contributed by atoms with Gasteiger partial charge in [-0.2, -0.15) is 0 Å². The largest absolute Gasteiger partial charge is 0.436 e. The topological polar surface area (TPSA) is 87.7 Å². The zero-order valence-corrected chi connectivity index (χ0v) is 19.3. The average Bonchev–Trinajstić information content (AvgIpc) is 2.92. The molecule has 0 bridgehead atoms. The predicted molar refractivity (Wildman–Crippen MR) is 120 cm³/mol. The number of carbonyl (C=O) groups is 3. The van der Waals surface area contributed by atoms with Crippen molar-refractivity contribution >= 4 is 23.5 Å². The van der Waals surface area contributed by atoms with E-state index in [4.69, 9.17) is 4.74 Å². The van der Waals surface area contributed by atoms with Gasteiger partial charge in [-0.05, 0) is 30.4 Å². The Bertz CT molecular complexity index is 1040. The van der Waals surface area contributed by atoms with E-state index in [9.17, 15) is 31.9 Å². The Morgan fingerprint density at radius 3 is 2.66 bits per heavy atom. The summed E-state index contributed by atoms with van der Waals surface area (Å²) in [6.45, 7) is 0.792. The first kappa shape index (κ1) is 26.2. The van der Waals surface area contributed by atoms with Gasteiger partial charge in [0.25, 0.3) is 11.8 Å². The molecule has 1 aliphatic carbocycles. The van der Waals surface area contributed by atoms with Crippen molar-refractivity contribution in [3.8, 4) is 0 Å². The number of nitrogens with one attached hydrogen (secondary N) is 2. The number of likely N-dealkylation sites (N-methyl/N-ethyl adjacent to an activating group) is 1. The Morgan fingerprint density at radius 2 is 1.97 bits per heavy atom. The first-order chi connectivity index (χ1) is 16.6. The Labute approximate surface area is 200 Å². The molecule has 2 aliphatic rings. The highest BCUT2D eigenvalue weighted by Gasteiger charge is 2.40. The molecule has 190 valence electrons. The van der Waals surface area contributed by atoms with Gasteiger partial charge in [0.15, 0.2) is 6.10 Å². The molecular formula is C24H27F4N3O4. The normalized spacial score (nSPS) is 18.5. The third-order valence-electron chi connectivity index (χ3n) is 5.93. The zero-order chi connectivity index (χ0) is 25.8. The maximum atomic E-state index is 13.3. The number of rotatable bonds is 8. The highest BCUT2D eigenvalue weighted by Crippen LogP contribution is 2.37. The smallest absolute Gasteiger partial charge is 0.407 e. The van der Waals surface area contributed by atoms with Crippen LogP contribution in [-0.2, 0) is 14.3 Å². The fraction of sp³-hybridized carbons (Fsp3) is 0.458. The quantitative estimate of drug-likeness (QED) is 0.528. The Kier molecular flexibility index (Phi) is 8.18. The van der Waals surface area contributed by atoms with Gasteiger partial charge in [-0.1, -0.05) is 43.3 Å². The van der Waals surface area contributed by atoms with Crippen LogP contribution in [0.2, 0.25) is 0 Å². The minimum Gasteiger partial charge on any atom is -0.436 e. The van der Waals surface area contributed by atoms with Gasteiger partial charge in [0.2, 0.25) is 0 Å². The number of fused-ring (bicyclic) bond motifs is 2. The van der Waals surface area contributed by atoms with Gasteiger partial charge < -0.3 is 20.3 Å². The summed E-state index contributed by atoms with van der Waals surface area (Å²) in [7, 11) is 1.64. The Morgan fingerprint density at radius 1 is 1.26 bits per heavy atom. The molecule has 3 rings (SSSR count). The second-order valence-corrected chi connectivity index (χ2v) is 8.27. The van der Waals surface area contributed by atoms with E-state index in [-0.39, 0.29) is 12.3 Å². The van der Waals surface area contributed by atoms with Gasteiger partial charge >= 0.3 is 18.4 Å². The molecule has 2 unspecified atom stereocenters. The van der Waals surface area contributed by atoms with Crippen LogP contribution in [0, 0.1) is 0 Å². The van der Waals surface area contributed by atoms with E-state index in [1.165, 1.54) is 4.90 Å². The van der Waals surface area contributed by atoms with Crippen molar-refractivity contribution in [3.63, 3.8) is 0 Å². The lowest BCUT2D eigenvalue weighted by atomic mass is 9.92. The first-order valence-electron chi connectivity index (χ1n) is 11.2. The number of hydrogen-bond donors (Lipinski definition) is 2. The molecule has 0 aromatic heterocycles. The number of halogens is 4. The number of alkyl carbamates (subject to hydrolysis) is 1. The number of allylic oxidation sites excluding steroid dienone is 4. The van der Waals surface area contributed by atoms with Crippen molar-refractivity contribution in [2.45, 2.75) is 57.1 Å². The Hall–Kier alpha value is -3.37. The van der Waals surface area contributed by atoms with Gasteiger partial charge in [-0.3, -0.25) is 9.59 Å². The summed E-state index contributed by atoms with van der Waals surface area (Å²) in [5.41, 5.74) is 3.11. The third kappa shape index (κ3) is 5.83. The molecule has 1 aromatic carbocycles. The molecule has 2 N–H and O–H groups in total. The van der Waals surface area contributed by atoms with Crippen LogP contribution in [0.4, 0.5) is 22.4 Å². The molecule has 3 amide bonds. The monoisotopic (exact) mass is 497 g/mol. The van der Waals surface area contributed by atoms with Crippen LogP contribution >= 0.6 is 0 Å². The summed E-state index contributed by atoms with van der Waals surface area (Å²) in [5, 5.41) is 4.60. The number of alkyl halides is 4. The van der Waals surface area contributed by atoms with Crippen LogP contribution in [0.25, 0.3) is 5.57 Å². The third-order valence-corrected chi connectivity index (χ3v) is 5.93. The molecule has 1 aromatic rings. The number of ether oxygens (including phenoxy) is 1. The highest BCUT2D eigenvalue weighted by molar-refractivity contribution is 5.96. The van der Waals surface area contributed by atoms with Crippen molar-refractivity contribution < 1.29 is 36.7 Å². The molecule has 0 saturated heterocycles. The highest BCUT2D eigenvalue weighted by atomic mass is 19.3. The van der Waals surface area contributed by atoms with E-state index in [1.807, 2.05) is 29.6 Å². The standard InChI is InChI=1S/C24H27F4N3O4/c1-3-18(35-23(34)29-13-12-24(27,28)22(25)26)20(32)30-19-16-10-5-4-8-14(16)15-9-6-7-11-17(15)31(2)21(19)33/h4-6,8-10,18-19,22H,3,7,11-13H2,1-2H3,(H,29,34)(H,30,32). The van der Waals surface area contributed by atoms with E-state index in [2.05, 4.69) is 5.32 Å². The fourth-order valence-corrected chi connectivity index (χ4v) is 4.01. The lowest BCUT2D eigenvalue weighted by Gasteiger charge is -2.26. The van der Waals surface area contributed by atoms with Crippen LogP contribution in [-0.4, -0.2) is 54.9 Å². The number of benzene rings is 1. The van der Waals surface area contributed by atoms with Crippen LogP contribution in [0.3, 0.4) is 0 Å². The molecule has 0 radical (unpaired) electrons. The fourth-order valence-electron chi connectivity index (χ4n) is 4.01. The van der Waals surface area contributed by atoms with Gasteiger partial charge in [0, 0.05) is 31.3 Å². The molecule has 7 nitrogen and oxygen atoms in total. The van der Waals surface area contributed by atoms with Gasteiger partial charge in [0.05, 0.1) is 0 Å². The zero-order valence-electron chi connectivity index (χ0n) is 19.3. The molecule has 2 atom stereocenters. The molecule has 0 spiro atoms. The van der Waals surface area contributed by atoms with Crippen LogP contribution in [0.1, 0.15) is 49.8 Å². The molecule has 1 aliphatic heterocycles. The van der Waals surface area contributed by atoms with E-state index in [0.717, 1.165) is 23.3 Å². The van der Waals surface area contributed by atoms with E-state index in [0.29, 0.717) is 12.0 Å². The van der Waals surface area contributed by atoms with Crippen molar-refractivity contribution in [1.29, 1.82) is 0 Å².